The first-order chi connectivity index (χ1) is 16.6. The molecule has 2 aromatic carbocycles. The van der Waals surface area contributed by atoms with Crippen molar-refractivity contribution < 1.29 is 38.2 Å². The summed E-state index contributed by atoms with van der Waals surface area (Å²) in [5.41, 5.74) is 0.930. The Hall–Kier alpha value is -4.21. The molecule has 0 spiro atoms. The molecule has 0 aliphatic carbocycles. The molecule has 35 heavy (non-hydrogen) atoms. The molecule has 0 saturated carbocycles. The summed E-state index contributed by atoms with van der Waals surface area (Å²) in [4.78, 5) is 61.0. The maximum Gasteiger partial charge on any atom is 0.337 e. The monoisotopic (exact) mass is 484 g/mol. The Balaban J connectivity index is 2.01. The number of esters is 3. The predicted octanol–water partition coefficient (Wildman–Crippen LogP) is 2.12. The van der Waals surface area contributed by atoms with E-state index in [1.807, 2.05) is 18.2 Å². The van der Waals surface area contributed by atoms with Gasteiger partial charge in [-0.25, -0.2) is 14.4 Å². The van der Waals surface area contributed by atoms with E-state index in [1.54, 1.807) is 26.0 Å². The summed E-state index contributed by atoms with van der Waals surface area (Å²) >= 11 is 0. The molecule has 0 heterocycles. The fraction of sp³-hybridized carbons (Fsp3) is 0.320. The third kappa shape index (κ3) is 8.26. The van der Waals surface area contributed by atoms with Crippen LogP contribution in [0.15, 0.2) is 48.5 Å². The average Bonchev–Trinajstić information content (AvgIpc) is 2.85. The summed E-state index contributed by atoms with van der Waals surface area (Å²) in [6, 6.07) is 12.0. The van der Waals surface area contributed by atoms with E-state index in [1.165, 1.54) is 32.4 Å². The number of carbonyl (C=O) groups is 5. The number of hydrogen-bond acceptors (Lipinski definition) is 8. The number of methoxy groups -OCH3 is 2. The van der Waals surface area contributed by atoms with Crippen molar-refractivity contribution in [3.05, 3.63) is 65.2 Å². The van der Waals surface area contributed by atoms with Gasteiger partial charge in [0.05, 0.1) is 31.8 Å². The van der Waals surface area contributed by atoms with Crippen LogP contribution in [-0.2, 0) is 35.0 Å². The number of amides is 2. The van der Waals surface area contributed by atoms with Gasteiger partial charge in [-0.3, -0.25) is 9.59 Å². The van der Waals surface area contributed by atoms with Gasteiger partial charge in [-0.15, -0.1) is 0 Å². The number of hydrogen-bond donors (Lipinski definition) is 2. The van der Waals surface area contributed by atoms with Crippen LogP contribution < -0.4 is 10.6 Å². The second kappa shape index (κ2) is 12.9. The van der Waals surface area contributed by atoms with Crippen LogP contribution in [0, 0.1) is 5.92 Å². The first kappa shape index (κ1) is 27.0. The molecule has 0 aliphatic rings. The van der Waals surface area contributed by atoms with Crippen molar-refractivity contribution in [2.24, 2.45) is 5.92 Å². The molecule has 2 amide bonds. The minimum atomic E-state index is -0.951. The van der Waals surface area contributed by atoms with Gasteiger partial charge in [-0.05, 0) is 29.7 Å². The fourth-order valence-electron chi connectivity index (χ4n) is 3.10. The summed E-state index contributed by atoms with van der Waals surface area (Å²) in [7, 11) is 2.35. The third-order valence-electron chi connectivity index (χ3n) is 4.85. The molecule has 0 saturated heterocycles. The summed E-state index contributed by atoms with van der Waals surface area (Å²) < 4.78 is 14.4. The number of carbonyl (C=O) groups excluding carboxylic acids is 5. The molecule has 0 aliphatic heterocycles. The summed E-state index contributed by atoms with van der Waals surface area (Å²) in [6.07, 6.45) is 0.0941. The largest absolute Gasteiger partial charge is 0.465 e. The van der Waals surface area contributed by atoms with Gasteiger partial charge in [-0.2, -0.15) is 0 Å². The lowest BCUT2D eigenvalue weighted by atomic mass is 10.0. The highest BCUT2D eigenvalue weighted by atomic mass is 16.5. The SMILES string of the molecule is COC(=O)c1cc(NC(=O)COC(=O)[C@@H](NC(=O)Cc2ccccc2)C(C)C)cc(C(=O)OC)c1. The molecular weight excluding hydrogens is 456 g/mol. The smallest absolute Gasteiger partial charge is 0.337 e. The van der Waals surface area contributed by atoms with E-state index in [4.69, 9.17) is 4.74 Å². The fourth-order valence-corrected chi connectivity index (χ4v) is 3.10. The lowest BCUT2D eigenvalue weighted by Gasteiger charge is -2.21. The molecule has 0 aromatic heterocycles. The van der Waals surface area contributed by atoms with Crippen LogP contribution in [0.2, 0.25) is 0 Å². The van der Waals surface area contributed by atoms with Crippen LogP contribution in [0.5, 0.6) is 0 Å². The average molecular weight is 485 g/mol. The first-order valence-electron chi connectivity index (χ1n) is 10.8. The number of benzene rings is 2. The molecule has 0 fully saturated rings. The molecule has 1 atom stereocenters. The normalized spacial score (nSPS) is 11.2. The van der Waals surface area contributed by atoms with Crippen molar-refractivity contribution in [2.75, 3.05) is 26.1 Å². The van der Waals surface area contributed by atoms with E-state index in [0.717, 1.165) is 5.56 Å². The van der Waals surface area contributed by atoms with Gasteiger partial charge in [-0.1, -0.05) is 44.2 Å². The van der Waals surface area contributed by atoms with Gasteiger partial charge in [0.1, 0.15) is 6.04 Å². The number of rotatable bonds is 10. The standard InChI is InChI=1S/C25H28N2O8/c1-15(2)22(27-20(28)10-16-8-6-5-7-9-16)25(32)35-14-21(29)26-19-12-17(23(30)33-3)11-18(13-19)24(31)34-4/h5-9,11-13,15,22H,10,14H2,1-4H3,(H,26,29)(H,27,28)/t22-/m0/s1. The zero-order valence-corrected chi connectivity index (χ0v) is 20.0. The second-order valence-electron chi connectivity index (χ2n) is 7.89. The van der Waals surface area contributed by atoms with Crippen LogP contribution in [0.3, 0.4) is 0 Å². The van der Waals surface area contributed by atoms with Crippen LogP contribution in [0.1, 0.15) is 40.1 Å². The molecule has 2 N–H and O–H groups in total. The van der Waals surface area contributed by atoms with Crippen molar-refractivity contribution in [2.45, 2.75) is 26.3 Å². The molecule has 186 valence electrons. The number of anilines is 1. The van der Waals surface area contributed by atoms with Gasteiger partial charge < -0.3 is 24.8 Å². The lowest BCUT2D eigenvalue weighted by molar-refractivity contribution is -0.151. The van der Waals surface area contributed by atoms with Crippen LogP contribution >= 0.6 is 0 Å². The number of ether oxygens (including phenoxy) is 3. The first-order valence-corrected chi connectivity index (χ1v) is 10.8. The van der Waals surface area contributed by atoms with Gasteiger partial charge in [0.25, 0.3) is 5.91 Å². The summed E-state index contributed by atoms with van der Waals surface area (Å²) in [5.74, 6) is -3.56. The number of nitrogens with one attached hydrogen (secondary N) is 2. The molecule has 0 radical (unpaired) electrons. The Kier molecular flexibility index (Phi) is 9.95. The summed E-state index contributed by atoms with van der Waals surface area (Å²) in [6.45, 7) is 2.83. The predicted molar refractivity (Wildman–Crippen MR) is 126 cm³/mol. The zero-order valence-electron chi connectivity index (χ0n) is 20.0. The third-order valence-corrected chi connectivity index (χ3v) is 4.85. The molecule has 10 nitrogen and oxygen atoms in total. The highest BCUT2D eigenvalue weighted by molar-refractivity contribution is 6.00. The lowest BCUT2D eigenvalue weighted by Crippen LogP contribution is -2.46. The molecular formula is C25H28N2O8. The molecule has 0 unspecified atom stereocenters. The van der Waals surface area contributed by atoms with Crippen molar-refractivity contribution >= 4 is 35.4 Å². The van der Waals surface area contributed by atoms with Crippen LogP contribution in [0.25, 0.3) is 0 Å². The molecule has 2 rings (SSSR count). The van der Waals surface area contributed by atoms with Gasteiger partial charge in [0.15, 0.2) is 6.61 Å². The molecule has 2 aromatic rings. The Morgan fingerprint density at radius 1 is 0.829 bits per heavy atom. The van der Waals surface area contributed by atoms with Crippen molar-refractivity contribution in [3.8, 4) is 0 Å². The Morgan fingerprint density at radius 2 is 1.40 bits per heavy atom. The van der Waals surface area contributed by atoms with Crippen LogP contribution in [-0.4, -0.2) is 56.6 Å². The van der Waals surface area contributed by atoms with E-state index < -0.39 is 36.5 Å². The van der Waals surface area contributed by atoms with E-state index >= 15 is 0 Å². The van der Waals surface area contributed by atoms with Crippen molar-refractivity contribution in [3.63, 3.8) is 0 Å². The van der Waals surface area contributed by atoms with E-state index in [0.29, 0.717) is 0 Å². The van der Waals surface area contributed by atoms with Crippen LogP contribution in [0.4, 0.5) is 5.69 Å². The Bertz CT molecular complexity index is 1050. The highest BCUT2D eigenvalue weighted by Crippen LogP contribution is 2.17. The van der Waals surface area contributed by atoms with Gasteiger partial charge >= 0.3 is 17.9 Å². The zero-order chi connectivity index (χ0) is 26.0. The Labute approximate surface area is 202 Å². The molecule has 0 bridgehead atoms. The van der Waals surface area contributed by atoms with Crippen molar-refractivity contribution in [1.29, 1.82) is 0 Å². The van der Waals surface area contributed by atoms with E-state index in [-0.39, 0.29) is 35.1 Å². The summed E-state index contributed by atoms with van der Waals surface area (Å²) in [5, 5.41) is 5.10. The van der Waals surface area contributed by atoms with Crippen molar-refractivity contribution in [1.82, 2.24) is 5.32 Å². The topological polar surface area (TPSA) is 137 Å². The second-order valence-corrected chi connectivity index (χ2v) is 7.89. The minimum Gasteiger partial charge on any atom is -0.465 e. The quantitative estimate of drug-likeness (QED) is 0.387. The maximum absolute atomic E-state index is 12.6. The van der Waals surface area contributed by atoms with E-state index in [2.05, 4.69) is 20.1 Å². The van der Waals surface area contributed by atoms with Gasteiger partial charge in [0, 0.05) is 5.69 Å². The van der Waals surface area contributed by atoms with E-state index in [9.17, 15) is 24.0 Å². The maximum atomic E-state index is 12.6. The minimum absolute atomic E-state index is 0.0173. The molecule has 10 heteroatoms. The highest BCUT2D eigenvalue weighted by Gasteiger charge is 2.26. The Morgan fingerprint density at radius 3 is 1.91 bits per heavy atom. The van der Waals surface area contributed by atoms with Gasteiger partial charge in [0.2, 0.25) is 5.91 Å².